The van der Waals surface area contributed by atoms with Gasteiger partial charge < -0.3 is 14.4 Å². The Labute approximate surface area is 163 Å². The minimum absolute atomic E-state index is 0.0407. The van der Waals surface area contributed by atoms with Gasteiger partial charge in [0.25, 0.3) is 5.91 Å². The zero-order valence-electron chi connectivity index (χ0n) is 15.3. The number of ether oxygens (including phenoxy) is 2. The molecule has 29 heavy (non-hydrogen) atoms. The second kappa shape index (κ2) is 8.10. The van der Waals surface area contributed by atoms with Crippen LogP contribution in [-0.2, 0) is 15.7 Å². The summed E-state index contributed by atoms with van der Waals surface area (Å²) >= 11 is 0. The first-order chi connectivity index (χ1) is 13.7. The Morgan fingerprint density at radius 3 is 2.38 bits per heavy atom. The van der Waals surface area contributed by atoms with Crippen molar-refractivity contribution in [2.24, 2.45) is 0 Å². The van der Waals surface area contributed by atoms with E-state index in [1.807, 2.05) is 0 Å². The van der Waals surface area contributed by atoms with E-state index >= 15 is 0 Å². The average molecular weight is 411 g/mol. The first kappa shape index (κ1) is 20.6. The summed E-state index contributed by atoms with van der Waals surface area (Å²) in [6, 6.07) is 8.76. The van der Waals surface area contributed by atoms with E-state index in [1.54, 1.807) is 6.07 Å². The van der Waals surface area contributed by atoms with Crippen LogP contribution in [0, 0.1) is 5.82 Å². The molecule has 2 atom stereocenters. The molecule has 154 valence electrons. The summed E-state index contributed by atoms with van der Waals surface area (Å²) in [7, 11) is 1.11. The Balaban J connectivity index is 1.89. The lowest BCUT2D eigenvalue weighted by Crippen LogP contribution is -2.42. The van der Waals surface area contributed by atoms with Gasteiger partial charge in [-0.25, -0.2) is 9.18 Å². The van der Waals surface area contributed by atoms with E-state index in [1.165, 1.54) is 30.3 Å². The van der Waals surface area contributed by atoms with E-state index in [9.17, 15) is 27.2 Å². The van der Waals surface area contributed by atoms with Crippen molar-refractivity contribution < 1.29 is 36.6 Å². The number of nitrogens with zero attached hydrogens (tertiary/aromatic N) is 1. The zero-order chi connectivity index (χ0) is 21.2. The van der Waals surface area contributed by atoms with Crippen molar-refractivity contribution in [1.82, 2.24) is 4.90 Å². The van der Waals surface area contributed by atoms with Crippen molar-refractivity contribution >= 4 is 11.9 Å². The van der Waals surface area contributed by atoms with E-state index in [0.29, 0.717) is 0 Å². The van der Waals surface area contributed by atoms with E-state index in [2.05, 4.69) is 4.74 Å². The normalized spacial score (nSPS) is 19.1. The van der Waals surface area contributed by atoms with Crippen LogP contribution in [0.25, 0.3) is 0 Å². The van der Waals surface area contributed by atoms with Crippen LogP contribution in [0.2, 0.25) is 0 Å². The molecular formula is C20H17F4NO4. The number of amides is 1. The molecule has 0 radical (unpaired) electrons. The summed E-state index contributed by atoms with van der Waals surface area (Å²) in [5, 5.41) is 0. The molecule has 9 heteroatoms. The topological polar surface area (TPSA) is 55.8 Å². The maximum absolute atomic E-state index is 13.8. The molecule has 5 nitrogen and oxygen atoms in total. The number of carbonyl (C=O) groups excluding carboxylic acids is 2. The maximum Gasteiger partial charge on any atom is 0.417 e. The van der Waals surface area contributed by atoms with Crippen LogP contribution in [-0.4, -0.2) is 42.6 Å². The molecule has 2 aromatic carbocycles. The second-order valence-electron chi connectivity index (χ2n) is 6.45. The van der Waals surface area contributed by atoms with Gasteiger partial charge >= 0.3 is 12.1 Å². The van der Waals surface area contributed by atoms with Gasteiger partial charge in [-0.15, -0.1) is 0 Å². The quantitative estimate of drug-likeness (QED) is 0.569. The molecule has 3 rings (SSSR count). The fourth-order valence-corrected chi connectivity index (χ4v) is 3.26. The highest BCUT2D eigenvalue weighted by molar-refractivity contribution is 5.98. The van der Waals surface area contributed by atoms with Gasteiger partial charge in [0.05, 0.1) is 24.8 Å². The van der Waals surface area contributed by atoms with Crippen molar-refractivity contribution in [2.45, 2.75) is 24.7 Å². The number of alkyl halides is 3. The maximum atomic E-state index is 13.8. The highest BCUT2D eigenvalue weighted by atomic mass is 19.4. The van der Waals surface area contributed by atoms with Gasteiger partial charge in [-0.1, -0.05) is 24.3 Å². The lowest BCUT2D eigenvalue weighted by Gasteiger charge is -2.24. The van der Waals surface area contributed by atoms with Gasteiger partial charge in [0.15, 0.2) is 11.6 Å². The Kier molecular flexibility index (Phi) is 5.76. The highest BCUT2D eigenvalue weighted by Gasteiger charge is 2.44. The average Bonchev–Trinajstić information content (AvgIpc) is 3.12. The van der Waals surface area contributed by atoms with Gasteiger partial charge in [-0.05, 0) is 24.3 Å². The third-order valence-electron chi connectivity index (χ3n) is 4.59. The summed E-state index contributed by atoms with van der Waals surface area (Å²) in [4.78, 5) is 26.0. The molecule has 0 bridgehead atoms. The van der Waals surface area contributed by atoms with Crippen LogP contribution in [0.3, 0.4) is 0 Å². The Morgan fingerprint density at radius 2 is 1.72 bits per heavy atom. The van der Waals surface area contributed by atoms with E-state index in [4.69, 9.17) is 4.74 Å². The fraction of sp³-hybridized carbons (Fsp3) is 0.300. The summed E-state index contributed by atoms with van der Waals surface area (Å²) in [5.41, 5.74) is -1.69. The van der Waals surface area contributed by atoms with Gasteiger partial charge in [-0.2, -0.15) is 13.2 Å². The first-order valence-electron chi connectivity index (χ1n) is 8.68. The number of methoxy groups -OCH3 is 1. The number of hydrogen-bond donors (Lipinski definition) is 0. The Bertz CT molecular complexity index is 915. The van der Waals surface area contributed by atoms with Gasteiger partial charge in [0, 0.05) is 6.42 Å². The van der Waals surface area contributed by atoms with E-state index in [-0.39, 0.29) is 18.7 Å². The molecule has 0 N–H and O–H groups in total. The fourth-order valence-electron chi connectivity index (χ4n) is 3.26. The zero-order valence-corrected chi connectivity index (χ0v) is 15.3. The molecule has 1 saturated heterocycles. The predicted molar refractivity (Wildman–Crippen MR) is 93.7 cm³/mol. The minimum Gasteiger partial charge on any atom is -0.485 e. The Hall–Kier alpha value is -3.10. The lowest BCUT2D eigenvalue weighted by molar-refractivity contribution is -0.145. The van der Waals surface area contributed by atoms with Crippen LogP contribution in [0.15, 0.2) is 48.5 Å². The molecule has 0 aromatic heterocycles. The number of hydrogen-bond acceptors (Lipinski definition) is 4. The summed E-state index contributed by atoms with van der Waals surface area (Å²) in [6.07, 6.45) is -5.57. The third kappa shape index (κ3) is 4.33. The molecule has 0 spiro atoms. The monoisotopic (exact) mass is 411 g/mol. The van der Waals surface area contributed by atoms with Crippen LogP contribution in [0.4, 0.5) is 17.6 Å². The number of rotatable bonds is 4. The number of likely N-dealkylation sites (tertiary alicyclic amines) is 1. The van der Waals surface area contributed by atoms with Crippen LogP contribution < -0.4 is 4.74 Å². The van der Waals surface area contributed by atoms with Crippen LogP contribution >= 0.6 is 0 Å². The van der Waals surface area contributed by atoms with Crippen molar-refractivity contribution in [3.8, 4) is 5.75 Å². The van der Waals surface area contributed by atoms with Gasteiger partial charge in [0.2, 0.25) is 0 Å². The Morgan fingerprint density at radius 1 is 1.07 bits per heavy atom. The number of para-hydroxylation sites is 1. The molecule has 0 saturated carbocycles. The number of esters is 1. The smallest absolute Gasteiger partial charge is 0.417 e. The molecule has 0 aliphatic carbocycles. The van der Waals surface area contributed by atoms with Gasteiger partial charge in [0.1, 0.15) is 12.1 Å². The third-order valence-corrected chi connectivity index (χ3v) is 4.59. The summed E-state index contributed by atoms with van der Waals surface area (Å²) in [6.45, 7) is -0.195. The minimum atomic E-state index is -4.74. The molecule has 1 aliphatic rings. The highest BCUT2D eigenvalue weighted by Crippen LogP contribution is 2.34. The first-order valence-corrected chi connectivity index (χ1v) is 8.68. The van der Waals surface area contributed by atoms with E-state index in [0.717, 1.165) is 24.1 Å². The molecule has 0 unspecified atom stereocenters. The van der Waals surface area contributed by atoms with Crippen molar-refractivity contribution in [2.75, 3.05) is 13.7 Å². The molecule has 1 amide bonds. The summed E-state index contributed by atoms with van der Waals surface area (Å²) in [5.74, 6) is -2.48. The van der Waals surface area contributed by atoms with E-state index < -0.39 is 47.1 Å². The molecular weight excluding hydrogens is 394 g/mol. The lowest BCUT2D eigenvalue weighted by atomic mass is 10.1. The molecule has 1 fully saturated rings. The standard InChI is InChI=1S/C20H17F4NO4/c1-28-19(27)16-10-12(29-17-9-5-4-8-15(17)21)11-25(16)18(26)13-6-2-3-7-14(13)20(22,23)24/h2-9,12,16H,10-11H2,1H3/t12-,16-/m0/s1. The van der Waals surface area contributed by atoms with Crippen LogP contribution in [0.1, 0.15) is 22.3 Å². The molecule has 1 heterocycles. The van der Waals surface area contributed by atoms with Crippen molar-refractivity contribution in [3.63, 3.8) is 0 Å². The largest absolute Gasteiger partial charge is 0.485 e. The predicted octanol–water partition coefficient (Wildman–Crippen LogP) is 3.68. The SMILES string of the molecule is COC(=O)[C@@H]1C[C@H](Oc2ccccc2F)CN1C(=O)c1ccccc1C(F)(F)F. The van der Waals surface area contributed by atoms with Crippen molar-refractivity contribution in [3.05, 3.63) is 65.5 Å². The van der Waals surface area contributed by atoms with Crippen LogP contribution in [0.5, 0.6) is 5.75 Å². The molecule has 2 aromatic rings. The number of benzene rings is 2. The number of carbonyl (C=O) groups is 2. The molecule has 1 aliphatic heterocycles. The summed E-state index contributed by atoms with van der Waals surface area (Å²) < 4.78 is 64.0. The van der Waals surface area contributed by atoms with Gasteiger partial charge in [-0.3, -0.25) is 4.79 Å². The number of halogens is 4. The van der Waals surface area contributed by atoms with Crippen molar-refractivity contribution in [1.29, 1.82) is 0 Å². The second-order valence-corrected chi connectivity index (χ2v) is 6.45.